The number of benzene rings is 1. The molecule has 3 nitrogen and oxygen atoms in total. The first-order valence-corrected chi connectivity index (χ1v) is 7.43. The second kappa shape index (κ2) is 6.04. The van der Waals surface area contributed by atoms with Crippen molar-refractivity contribution in [3.63, 3.8) is 0 Å². The Labute approximate surface area is 115 Å². The Morgan fingerprint density at radius 3 is 2.84 bits per heavy atom. The summed E-state index contributed by atoms with van der Waals surface area (Å²) in [4.78, 5) is 2.57. The SMILES string of the molecule is NC1CCOCC1CN1CCC(c2ccccc2)C1. The minimum Gasteiger partial charge on any atom is -0.381 e. The average Bonchev–Trinajstić information content (AvgIpc) is 2.91. The Hall–Kier alpha value is -0.900. The fourth-order valence-electron chi connectivity index (χ4n) is 3.33. The Kier molecular flexibility index (Phi) is 4.16. The lowest BCUT2D eigenvalue weighted by atomic mass is 9.96. The van der Waals surface area contributed by atoms with Gasteiger partial charge in [-0.2, -0.15) is 0 Å². The fraction of sp³-hybridized carbons (Fsp3) is 0.625. The first-order valence-electron chi connectivity index (χ1n) is 7.43. The summed E-state index contributed by atoms with van der Waals surface area (Å²) in [6, 6.07) is 11.2. The van der Waals surface area contributed by atoms with Crippen molar-refractivity contribution in [1.82, 2.24) is 4.90 Å². The zero-order valence-electron chi connectivity index (χ0n) is 11.5. The van der Waals surface area contributed by atoms with Crippen LogP contribution < -0.4 is 5.73 Å². The molecule has 0 amide bonds. The number of hydrogen-bond acceptors (Lipinski definition) is 3. The average molecular weight is 260 g/mol. The summed E-state index contributed by atoms with van der Waals surface area (Å²) in [7, 11) is 0. The number of nitrogens with two attached hydrogens (primary N) is 1. The van der Waals surface area contributed by atoms with E-state index in [1.807, 2.05) is 0 Å². The molecule has 0 aromatic heterocycles. The van der Waals surface area contributed by atoms with Crippen molar-refractivity contribution >= 4 is 0 Å². The number of likely N-dealkylation sites (tertiary alicyclic amines) is 1. The monoisotopic (exact) mass is 260 g/mol. The second-order valence-corrected chi connectivity index (χ2v) is 5.94. The van der Waals surface area contributed by atoms with Gasteiger partial charge in [0.15, 0.2) is 0 Å². The van der Waals surface area contributed by atoms with E-state index < -0.39 is 0 Å². The van der Waals surface area contributed by atoms with Crippen LogP contribution in [0.1, 0.15) is 24.3 Å². The minimum atomic E-state index is 0.324. The van der Waals surface area contributed by atoms with E-state index in [1.54, 1.807) is 0 Å². The molecular weight excluding hydrogens is 236 g/mol. The van der Waals surface area contributed by atoms with Gasteiger partial charge in [-0.25, -0.2) is 0 Å². The van der Waals surface area contributed by atoms with Gasteiger partial charge in [0, 0.05) is 31.7 Å². The number of rotatable bonds is 3. The van der Waals surface area contributed by atoms with E-state index in [9.17, 15) is 0 Å². The van der Waals surface area contributed by atoms with Gasteiger partial charge in [0.2, 0.25) is 0 Å². The molecule has 1 aromatic carbocycles. The van der Waals surface area contributed by atoms with E-state index in [-0.39, 0.29) is 0 Å². The van der Waals surface area contributed by atoms with Gasteiger partial charge in [0.25, 0.3) is 0 Å². The Morgan fingerprint density at radius 1 is 1.21 bits per heavy atom. The van der Waals surface area contributed by atoms with Crippen molar-refractivity contribution in [3.05, 3.63) is 35.9 Å². The molecule has 3 rings (SSSR count). The van der Waals surface area contributed by atoms with E-state index in [1.165, 1.54) is 25.1 Å². The summed E-state index contributed by atoms with van der Waals surface area (Å²) < 4.78 is 5.57. The summed E-state index contributed by atoms with van der Waals surface area (Å²) in [5.41, 5.74) is 7.68. The lowest BCUT2D eigenvalue weighted by Gasteiger charge is -2.32. The third kappa shape index (κ3) is 3.16. The van der Waals surface area contributed by atoms with Gasteiger partial charge in [-0.15, -0.1) is 0 Å². The van der Waals surface area contributed by atoms with Gasteiger partial charge in [0.05, 0.1) is 6.61 Å². The Bertz CT molecular complexity index is 395. The molecule has 2 aliphatic heterocycles. The molecule has 104 valence electrons. The molecule has 0 saturated carbocycles. The molecule has 2 fully saturated rings. The van der Waals surface area contributed by atoms with E-state index >= 15 is 0 Å². The Balaban J connectivity index is 1.54. The standard InChI is InChI=1S/C16H24N2O/c17-16-7-9-19-12-15(16)11-18-8-6-14(10-18)13-4-2-1-3-5-13/h1-5,14-16H,6-12,17H2. The topological polar surface area (TPSA) is 38.5 Å². The number of hydrogen-bond donors (Lipinski definition) is 1. The Morgan fingerprint density at radius 2 is 2.05 bits per heavy atom. The number of nitrogens with zero attached hydrogens (tertiary/aromatic N) is 1. The van der Waals surface area contributed by atoms with Crippen LogP contribution in [0.3, 0.4) is 0 Å². The highest BCUT2D eigenvalue weighted by Crippen LogP contribution is 2.28. The predicted molar refractivity (Wildman–Crippen MR) is 77.1 cm³/mol. The molecule has 2 heterocycles. The van der Waals surface area contributed by atoms with Gasteiger partial charge in [0.1, 0.15) is 0 Å². The van der Waals surface area contributed by atoms with Crippen LogP contribution in [0.5, 0.6) is 0 Å². The van der Waals surface area contributed by atoms with E-state index in [0.717, 1.165) is 26.2 Å². The lowest BCUT2D eigenvalue weighted by Crippen LogP contribution is -2.44. The molecular formula is C16H24N2O. The van der Waals surface area contributed by atoms with Crippen molar-refractivity contribution in [1.29, 1.82) is 0 Å². The minimum absolute atomic E-state index is 0.324. The third-order valence-electron chi connectivity index (χ3n) is 4.57. The molecule has 2 aliphatic rings. The summed E-state index contributed by atoms with van der Waals surface area (Å²) in [5, 5.41) is 0. The summed E-state index contributed by atoms with van der Waals surface area (Å²) >= 11 is 0. The first kappa shape index (κ1) is 13.1. The van der Waals surface area contributed by atoms with Crippen LogP contribution in [0.15, 0.2) is 30.3 Å². The maximum atomic E-state index is 6.20. The van der Waals surface area contributed by atoms with Gasteiger partial charge < -0.3 is 15.4 Å². The highest BCUT2D eigenvalue weighted by Gasteiger charge is 2.29. The molecule has 0 bridgehead atoms. The van der Waals surface area contributed by atoms with Crippen molar-refractivity contribution in [2.24, 2.45) is 11.7 Å². The molecule has 3 atom stereocenters. The van der Waals surface area contributed by atoms with Crippen LogP contribution in [0.2, 0.25) is 0 Å². The van der Waals surface area contributed by atoms with Gasteiger partial charge >= 0.3 is 0 Å². The highest BCUT2D eigenvalue weighted by molar-refractivity contribution is 5.21. The van der Waals surface area contributed by atoms with E-state index in [0.29, 0.717) is 17.9 Å². The van der Waals surface area contributed by atoms with Crippen LogP contribution in [-0.4, -0.2) is 43.8 Å². The molecule has 2 saturated heterocycles. The van der Waals surface area contributed by atoms with Crippen LogP contribution in [0.25, 0.3) is 0 Å². The molecule has 3 heteroatoms. The van der Waals surface area contributed by atoms with Crippen LogP contribution >= 0.6 is 0 Å². The second-order valence-electron chi connectivity index (χ2n) is 5.94. The highest BCUT2D eigenvalue weighted by atomic mass is 16.5. The van der Waals surface area contributed by atoms with Gasteiger partial charge in [-0.1, -0.05) is 30.3 Å². The molecule has 19 heavy (non-hydrogen) atoms. The maximum absolute atomic E-state index is 6.20. The van der Waals surface area contributed by atoms with Gasteiger partial charge in [-0.3, -0.25) is 0 Å². The van der Waals surface area contributed by atoms with Crippen LogP contribution in [0, 0.1) is 5.92 Å². The zero-order chi connectivity index (χ0) is 13.1. The summed E-state index contributed by atoms with van der Waals surface area (Å²) in [5.74, 6) is 1.21. The maximum Gasteiger partial charge on any atom is 0.0521 e. The van der Waals surface area contributed by atoms with Crippen molar-refractivity contribution in [2.75, 3.05) is 32.8 Å². The molecule has 0 aliphatic carbocycles. The number of ether oxygens (including phenoxy) is 1. The summed E-state index contributed by atoms with van der Waals surface area (Å²) in [6.45, 7) is 5.15. The molecule has 0 spiro atoms. The smallest absolute Gasteiger partial charge is 0.0521 e. The summed E-state index contributed by atoms with van der Waals surface area (Å²) in [6.07, 6.45) is 2.29. The lowest BCUT2D eigenvalue weighted by molar-refractivity contribution is 0.0290. The molecule has 2 N–H and O–H groups in total. The fourth-order valence-corrected chi connectivity index (χ4v) is 3.33. The largest absolute Gasteiger partial charge is 0.381 e. The van der Waals surface area contributed by atoms with Gasteiger partial charge in [-0.05, 0) is 30.9 Å². The third-order valence-corrected chi connectivity index (χ3v) is 4.57. The van der Waals surface area contributed by atoms with E-state index in [4.69, 9.17) is 10.5 Å². The van der Waals surface area contributed by atoms with Crippen molar-refractivity contribution in [3.8, 4) is 0 Å². The molecule has 3 unspecified atom stereocenters. The molecule has 0 radical (unpaired) electrons. The molecule has 1 aromatic rings. The van der Waals surface area contributed by atoms with Crippen LogP contribution in [-0.2, 0) is 4.74 Å². The van der Waals surface area contributed by atoms with Crippen LogP contribution in [0.4, 0.5) is 0 Å². The quantitative estimate of drug-likeness (QED) is 0.901. The normalized spacial score (nSPS) is 32.6. The first-order chi connectivity index (χ1) is 9.33. The van der Waals surface area contributed by atoms with Crippen molar-refractivity contribution in [2.45, 2.75) is 24.8 Å². The van der Waals surface area contributed by atoms with E-state index in [2.05, 4.69) is 35.2 Å². The zero-order valence-corrected chi connectivity index (χ0v) is 11.5. The van der Waals surface area contributed by atoms with Crippen molar-refractivity contribution < 1.29 is 4.74 Å². The predicted octanol–water partition coefficient (Wildman–Crippen LogP) is 1.84.